The summed E-state index contributed by atoms with van der Waals surface area (Å²) < 4.78 is 5.44. The summed E-state index contributed by atoms with van der Waals surface area (Å²) in [6.45, 7) is 10.5. The van der Waals surface area contributed by atoms with Crippen molar-refractivity contribution in [3.05, 3.63) is 77.0 Å². The van der Waals surface area contributed by atoms with Crippen LogP contribution in [0.2, 0.25) is 29.6 Å². The summed E-state index contributed by atoms with van der Waals surface area (Å²) in [6, 6.07) is 17.9. The Labute approximate surface area is 531 Å². The Morgan fingerprint density at radius 1 is 0.362 bits per heavy atom. The van der Waals surface area contributed by atoms with Crippen LogP contribution in [0.3, 0.4) is 0 Å². The fraction of sp³-hybridized carbons (Fsp3) is 0.676. The fourth-order valence-corrected chi connectivity index (χ4v) is 27.2. The van der Waals surface area contributed by atoms with E-state index in [1.165, 1.54) is 190 Å². The summed E-state index contributed by atoms with van der Waals surface area (Å²) in [6.07, 6.45) is 41.0. The maximum atomic E-state index is 15.3. The number of fused-ring (bicyclic) bond motifs is 1. The standard InChI is InChI=1S/C54H86Br2N2O2S2.C8H4S2.6CH3.2Sn/c1-5-9-13-17-21-23-27-31-35-43(33-29-25-19-15-11-7-3)41-57-51(45-37-39-47(55)61-45)49-50(53(57)59)52(46-38-40-48(56)62-46)58(54(49)60)42-44(34-30-26-20-16-12-8-4)36-32-28-24-22-18-14-10-6-2;1-3-7(9-5-1)8-4-2-6-10-8;;;;;;;;/h37-40,43-44H,5-36,41-42H2,1-4H3;1-4H;6*1H3;;. The molecule has 0 spiro atoms. The number of halogens is 2. The van der Waals surface area contributed by atoms with Crippen LogP contribution in [-0.4, -0.2) is 71.5 Å². The SMILES string of the molecule is CCCCCCCCCCC(CCCCCCCC)CN1C(=O)C2=C(c3ccc(Br)s3)N(CC(CCCCCCCC)CCCCCCCCCC)C(=O)C2=C1c1ccc(Br)s1.[CH3][Sn]([CH3])([CH3])[c]1ccc(-c2cc[c]([Sn]([CH3])([CH3])[CH3])s2)s1. The molecule has 80 heavy (non-hydrogen) atoms. The normalized spacial score (nSPS) is 14.8. The second kappa shape index (κ2) is 38.1. The van der Waals surface area contributed by atoms with E-state index in [0.717, 1.165) is 54.4 Å². The van der Waals surface area contributed by atoms with Crippen LogP contribution in [0.5, 0.6) is 0 Å². The van der Waals surface area contributed by atoms with Crippen molar-refractivity contribution in [2.75, 3.05) is 13.1 Å². The average Bonchev–Trinajstić information content (AvgIpc) is 4.31. The molecule has 0 aromatic carbocycles. The first-order chi connectivity index (χ1) is 38.5. The van der Waals surface area contributed by atoms with Gasteiger partial charge < -0.3 is 9.80 Å². The molecule has 4 nitrogen and oxygen atoms in total. The first kappa shape index (κ1) is 70.5. The molecule has 2 unspecified atom stereocenters. The van der Waals surface area contributed by atoms with E-state index >= 15 is 9.59 Å². The second-order valence-electron chi connectivity index (χ2n) is 25.7. The monoisotopic (exact) mass is 1510 g/mol. The van der Waals surface area contributed by atoms with Gasteiger partial charge in [0.25, 0.3) is 11.8 Å². The predicted molar refractivity (Wildman–Crippen MR) is 372 cm³/mol. The number of carbonyl (C=O) groups excluding carboxylic acids is 2. The van der Waals surface area contributed by atoms with Crippen LogP contribution < -0.4 is 5.79 Å². The van der Waals surface area contributed by atoms with E-state index < -0.39 is 36.8 Å². The summed E-state index contributed by atoms with van der Waals surface area (Å²) in [7, 11) is 0. The number of rotatable bonds is 41. The number of nitrogens with zero attached hydrogens (tertiary/aromatic N) is 2. The summed E-state index contributed by atoms with van der Waals surface area (Å²) in [4.78, 5) is 54.7. The molecule has 12 heteroatoms. The number of amides is 2. The van der Waals surface area contributed by atoms with Gasteiger partial charge in [-0.3, -0.25) is 9.59 Å². The molecule has 6 heterocycles. The van der Waals surface area contributed by atoms with Gasteiger partial charge in [0.05, 0.1) is 39.9 Å². The second-order valence-corrected chi connectivity index (χ2v) is 63.6. The van der Waals surface area contributed by atoms with Crippen molar-refractivity contribution < 1.29 is 9.59 Å². The van der Waals surface area contributed by atoms with Gasteiger partial charge in [-0.15, -0.1) is 22.7 Å². The van der Waals surface area contributed by atoms with Crippen LogP contribution in [0.25, 0.3) is 21.1 Å². The van der Waals surface area contributed by atoms with Gasteiger partial charge in [0.2, 0.25) is 0 Å². The molecule has 0 radical (unpaired) electrons. The molecule has 0 saturated carbocycles. The minimum absolute atomic E-state index is 0.0364. The molecule has 4 aromatic heterocycles. The zero-order valence-electron chi connectivity index (χ0n) is 51.9. The molecule has 448 valence electrons. The van der Waals surface area contributed by atoms with Gasteiger partial charge in [-0.05, 0) is 93.6 Å². The molecule has 0 saturated heterocycles. The summed E-state index contributed by atoms with van der Waals surface area (Å²) in [5, 5.41) is 0. The molecule has 0 aliphatic carbocycles. The molecule has 0 bridgehead atoms. The van der Waals surface area contributed by atoms with Crippen LogP contribution >= 0.6 is 77.2 Å². The molecule has 4 aromatic rings. The van der Waals surface area contributed by atoms with E-state index in [1.54, 1.807) is 28.5 Å². The van der Waals surface area contributed by atoms with Crippen molar-refractivity contribution in [2.24, 2.45) is 11.8 Å². The van der Waals surface area contributed by atoms with E-state index in [-0.39, 0.29) is 11.8 Å². The van der Waals surface area contributed by atoms with Gasteiger partial charge in [0, 0.05) is 13.1 Å². The van der Waals surface area contributed by atoms with E-state index in [9.17, 15) is 0 Å². The molecular weight excluding hydrogens is 1400 g/mol. The van der Waals surface area contributed by atoms with Crippen molar-refractivity contribution >= 4 is 143 Å². The molecule has 2 amide bonds. The van der Waals surface area contributed by atoms with Gasteiger partial charge in [0.1, 0.15) is 0 Å². The third-order valence-corrected chi connectivity index (χ3v) is 41.1. The van der Waals surface area contributed by atoms with E-state index in [2.05, 4.69) is 148 Å². The van der Waals surface area contributed by atoms with Crippen molar-refractivity contribution in [1.82, 2.24) is 9.80 Å². The number of thiophene rings is 4. The fourth-order valence-electron chi connectivity index (χ4n) is 11.6. The van der Waals surface area contributed by atoms with Crippen molar-refractivity contribution in [1.29, 1.82) is 0 Å². The average molecular weight is 1510 g/mol. The zero-order valence-corrected chi connectivity index (χ0v) is 64.1. The Bertz CT molecular complexity index is 2300. The Kier molecular flexibility index (Phi) is 33.6. The van der Waals surface area contributed by atoms with E-state index in [0.29, 0.717) is 36.1 Å². The van der Waals surface area contributed by atoms with Gasteiger partial charge in [-0.1, -0.05) is 207 Å². The van der Waals surface area contributed by atoms with E-state index in [4.69, 9.17) is 0 Å². The predicted octanol–water partition coefficient (Wildman–Crippen LogP) is 23.5. The van der Waals surface area contributed by atoms with Gasteiger partial charge in [0.15, 0.2) is 0 Å². The molecule has 0 N–H and O–H groups in total. The molecule has 6 rings (SSSR count). The molecule has 2 aliphatic rings. The number of hydrogen-bond acceptors (Lipinski definition) is 6. The third kappa shape index (κ3) is 23.5. The summed E-state index contributed by atoms with van der Waals surface area (Å²) >= 11 is 11.2. The molecule has 2 aliphatic heterocycles. The van der Waals surface area contributed by atoms with Crippen molar-refractivity contribution in [3.8, 4) is 9.75 Å². The quantitative estimate of drug-likeness (QED) is 0.0328. The van der Waals surface area contributed by atoms with Crippen molar-refractivity contribution in [2.45, 2.75) is 263 Å². The summed E-state index contributed by atoms with van der Waals surface area (Å²) in [5.74, 6) is 0.911. The van der Waals surface area contributed by atoms with Crippen LogP contribution in [0.15, 0.2) is 67.2 Å². The van der Waals surface area contributed by atoms with Gasteiger partial charge >= 0.3 is 129 Å². The zero-order chi connectivity index (χ0) is 57.9. The number of hydrogen-bond donors (Lipinski definition) is 0. The first-order valence-electron chi connectivity index (χ1n) is 32.4. The summed E-state index contributed by atoms with van der Waals surface area (Å²) in [5.41, 5.74) is 3.03. The Morgan fingerprint density at radius 3 is 0.863 bits per heavy atom. The molecular formula is C68H108Br2N2O2S4Sn2. The Balaban J connectivity index is 0.000000548. The molecule has 0 fully saturated rings. The van der Waals surface area contributed by atoms with Crippen molar-refractivity contribution in [3.63, 3.8) is 0 Å². The van der Waals surface area contributed by atoms with Crippen LogP contribution in [0, 0.1) is 11.8 Å². The maximum absolute atomic E-state index is 15.3. The topological polar surface area (TPSA) is 40.6 Å². The van der Waals surface area contributed by atoms with Gasteiger partial charge in [-0.25, -0.2) is 0 Å². The van der Waals surface area contributed by atoms with Crippen LogP contribution in [0.1, 0.15) is 243 Å². The number of carbonyl (C=O) groups is 2. The Morgan fingerprint density at radius 2 is 0.625 bits per heavy atom. The number of unbranched alkanes of at least 4 members (excludes halogenated alkanes) is 24. The van der Waals surface area contributed by atoms with Crippen LogP contribution in [0.4, 0.5) is 0 Å². The third-order valence-electron chi connectivity index (χ3n) is 16.5. The molecule has 2 atom stereocenters. The van der Waals surface area contributed by atoms with E-state index in [1.807, 2.05) is 22.7 Å². The minimum atomic E-state index is -1.86. The van der Waals surface area contributed by atoms with Gasteiger partial charge in [-0.2, -0.15) is 0 Å². The van der Waals surface area contributed by atoms with Crippen LogP contribution in [-0.2, 0) is 9.59 Å². The Hall–Kier alpha value is -0.223. The first-order valence-corrected chi connectivity index (χ1v) is 57.2.